The molecule has 1 atom stereocenters. The molecule has 12 heteroatoms. The van der Waals surface area contributed by atoms with Gasteiger partial charge in [0.2, 0.25) is 5.91 Å². The lowest BCUT2D eigenvalue weighted by Gasteiger charge is -2.15. The SMILES string of the molecule is CS(=O)(=O)C(CCn1ccc2ncnc(Nc3ccc(Oc4cccc(C5(C#N)CC5)c4)c(Cl)c3)c21)C(N)=O. The summed E-state index contributed by atoms with van der Waals surface area (Å²) in [6.07, 6.45) is 5.86. The topological polar surface area (TPSA) is 153 Å². The van der Waals surface area contributed by atoms with Gasteiger partial charge in [0, 0.05) is 24.7 Å². The Bertz CT molecular complexity index is 1730. The number of nitrogens with zero attached hydrogens (tertiary/aromatic N) is 4. The molecule has 2 aromatic heterocycles. The van der Waals surface area contributed by atoms with Gasteiger partial charge in [-0.3, -0.25) is 4.79 Å². The van der Waals surface area contributed by atoms with Gasteiger partial charge in [-0.15, -0.1) is 0 Å². The van der Waals surface area contributed by atoms with E-state index in [1.807, 2.05) is 24.3 Å². The molecule has 1 fully saturated rings. The standard InChI is InChI=1S/C27H25ClN6O4S/c1-39(36,37)23(25(30)35)8-12-34-11-7-21-24(34)26(32-16-31-21)33-18-5-6-22(20(28)14-18)38-19-4-2-3-17(13-19)27(15-29)9-10-27/h2-7,11,13-14,16,23H,8-10,12H2,1H3,(H2,30,35)(H,31,32,33). The van der Waals surface area contributed by atoms with Gasteiger partial charge >= 0.3 is 0 Å². The van der Waals surface area contributed by atoms with Crippen LogP contribution in [0.3, 0.4) is 0 Å². The third kappa shape index (κ3) is 5.53. The van der Waals surface area contributed by atoms with E-state index >= 15 is 0 Å². The van der Waals surface area contributed by atoms with Crippen LogP contribution in [0.2, 0.25) is 5.02 Å². The van der Waals surface area contributed by atoms with Crippen molar-refractivity contribution < 1.29 is 17.9 Å². The first-order valence-electron chi connectivity index (χ1n) is 12.1. The number of sulfone groups is 1. The van der Waals surface area contributed by atoms with Gasteiger partial charge in [-0.1, -0.05) is 23.7 Å². The van der Waals surface area contributed by atoms with Crippen molar-refractivity contribution in [2.75, 3.05) is 11.6 Å². The number of halogens is 1. The van der Waals surface area contributed by atoms with Crippen LogP contribution in [-0.4, -0.2) is 40.4 Å². The summed E-state index contributed by atoms with van der Waals surface area (Å²) < 4.78 is 31.7. The molecule has 10 nitrogen and oxygen atoms in total. The van der Waals surface area contributed by atoms with Gasteiger partial charge in [-0.25, -0.2) is 18.4 Å². The van der Waals surface area contributed by atoms with Crippen LogP contribution in [-0.2, 0) is 26.6 Å². The molecule has 0 radical (unpaired) electrons. The number of carbonyl (C=O) groups excluding carboxylic acids is 1. The third-order valence-electron chi connectivity index (χ3n) is 6.79. The van der Waals surface area contributed by atoms with Crippen molar-refractivity contribution in [1.82, 2.24) is 14.5 Å². The van der Waals surface area contributed by atoms with Crippen LogP contribution in [0.4, 0.5) is 11.5 Å². The first kappa shape index (κ1) is 26.5. The minimum atomic E-state index is -3.64. The highest BCUT2D eigenvalue weighted by atomic mass is 35.5. The van der Waals surface area contributed by atoms with Gasteiger partial charge in [-0.05, 0) is 61.2 Å². The van der Waals surface area contributed by atoms with Crippen molar-refractivity contribution >= 4 is 49.9 Å². The number of nitrogens with one attached hydrogen (secondary N) is 1. The monoisotopic (exact) mass is 564 g/mol. The van der Waals surface area contributed by atoms with E-state index in [-0.39, 0.29) is 13.0 Å². The molecular weight excluding hydrogens is 540 g/mol. The first-order valence-corrected chi connectivity index (χ1v) is 14.5. The van der Waals surface area contributed by atoms with Crippen LogP contribution in [0, 0.1) is 11.3 Å². The Kier molecular flexibility index (Phi) is 6.92. The first-order chi connectivity index (χ1) is 18.6. The molecular formula is C27H25ClN6O4S. The second-order valence-electron chi connectivity index (χ2n) is 9.57. The minimum Gasteiger partial charge on any atom is -0.456 e. The van der Waals surface area contributed by atoms with E-state index in [0.29, 0.717) is 39.1 Å². The lowest BCUT2D eigenvalue weighted by molar-refractivity contribution is -0.117. The summed E-state index contributed by atoms with van der Waals surface area (Å²) in [7, 11) is -3.64. The molecule has 200 valence electrons. The summed E-state index contributed by atoms with van der Waals surface area (Å²) in [6.45, 7) is 0.214. The normalized spacial score (nSPS) is 14.9. The fraction of sp³-hybridized carbons (Fsp3) is 0.259. The van der Waals surface area contributed by atoms with E-state index in [0.717, 1.165) is 24.7 Å². The zero-order valence-corrected chi connectivity index (χ0v) is 22.5. The van der Waals surface area contributed by atoms with E-state index in [4.69, 9.17) is 22.1 Å². The van der Waals surface area contributed by atoms with Crippen LogP contribution >= 0.6 is 11.6 Å². The number of primary amides is 1. The van der Waals surface area contributed by atoms with E-state index in [2.05, 4.69) is 21.4 Å². The smallest absolute Gasteiger partial charge is 0.235 e. The summed E-state index contributed by atoms with van der Waals surface area (Å²) >= 11 is 6.54. The highest BCUT2D eigenvalue weighted by Gasteiger charge is 2.45. The van der Waals surface area contributed by atoms with E-state index in [1.54, 1.807) is 35.0 Å². The van der Waals surface area contributed by atoms with Crippen molar-refractivity contribution in [3.05, 3.63) is 71.6 Å². The third-order valence-corrected chi connectivity index (χ3v) is 8.59. The number of nitrogens with two attached hydrogens (primary N) is 1. The van der Waals surface area contributed by atoms with Gasteiger partial charge < -0.3 is 20.4 Å². The number of fused-ring (bicyclic) bond motifs is 1. The Morgan fingerprint density at radius 1 is 1.26 bits per heavy atom. The van der Waals surface area contributed by atoms with Crippen LogP contribution < -0.4 is 15.8 Å². The number of benzene rings is 2. The molecule has 2 aromatic carbocycles. The minimum absolute atomic E-state index is 0.0147. The predicted octanol–water partition coefficient (Wildman–Crippen LogP) is 4.46. The maximum absolute atomic E-state index is 12.0. The summed E-state index contributed by atoms with van der Waals surface area (Å²) in [6, 6.07) is 16.9. The Morgan fingerprint density at radius 2 is 2.05 bits per heavy atom. The Labute approximate surface area is 230 Å². The number of carbonyl (C=O) groups is 1. The van der Waals surface area contributed by atoms with Crippen molar-refractivity contribution in [3.8, 4) is 17.6 Å². The van der Waals surface area contributed by atoms with Crippen LogP contribution in [0.25, 0.3) is 11.0 Å². The van der Waals surface area contributed by atoms with Crippen molar-refractivity contribution in [2.24, 2.45) is 5.73 Å². The molecule has 1 amide bonds. The number of ether oxygens (including phenoxy) is 1. The number of amides is 1. The number of hydrogen-bond acceptors (Lipinski definition) is 8. The molecule has 1 saturated carbocycles. The van der Waals surface area contributed by atoms with Gasteiger partial charge in [0.1, 0.15) is 28.6 Å². The largest absolute Gasteiger partial charge is 0.456 e. The highest BCUT2D eigenvalue weighted by Crippen LogP contribution is 2.48. The molecule has 5 rings (SSSR count). The van der Waals surface area contributed by atoms with E-state index < -0.39 is 26.4 Å². The van der Waals surface area contributed by atoms with Crippen molar-refractivity contribution in [1.29, 1.82) is 5.26 Å². The predicted molar refractivity (Wildman–Crippen MR) is 148 cm³/mol. The molecule has 0 saturated heterocycles. The fourth-order valence-electron chi connectivity index (χ4n) is 4.51. The maximum Gasteiger partial charge on any atom is 0.235 e. The van der Waals surface area contributed by atoms with Crippen molar-refractivity contribution in [2.45, 2.75) is 36.5 Å². The average molecular weight is 565 g/mol. The Hall–Kier alpha value is -4.14. The Balaban J connectivity index is 1.35. The molecule has 1 unspecified atom stereocenters. The number of rotatable bonds is 10. The summed E-state index contributed by atoms with van der Waals surface area (Å²) in [4.78, 5) is 20.3. The number of hydrogen-bond donors (Lipinski definition) is 2. The van der Waals surface area contributed by atoms with Crippen molar-refractivity contribution in [3.63, 3.8) is 0 Å². The Morgan fingerprint density at radius 3 is 2.72 bits per heavy atom. The molecule has 3 N–H and O–H groups in total. The molecule has 0 spiro atoms. The molecule has 0 bridgehead atoms. The summed E-state index contributed by atoms with van der Waals surface area (Å²) in [5.74, 6) is 0.638. The average Bonchev–Trinajstić information content (AvgIpc) is 3.59. The number of anilines is 2. The second kappa shape index (κ2) is 10.2. The maximum atomic E-state index is 12.0. The quantitative estimate of drug-likeness (QED) is 0.286. The molecule has 39 heavy (non-hydrogen) atoms. The number of nitriles is 1. The lowest BCUT2D eigenvalue weighted by atomic mass is 9.98. The summed E-state index contributed by atoms with van der Waals surface area (Å²) in [5.41, 5.74) is 7.75. The van der Waals surface area contributed by atoms with Gasteiger partial charge in [-0.2, -0.15) is 5.26 Å². The number of aryl methyl sites for hydroxylation is 1. The van der Waals surface area contributed by atoms with E-state index in [1.165, 1.54) is 6.33 Å². The van der Waals surface area contributed by atoms with Gasteiger partial charge in [0.15, 0.2) is 15.7 Å². The number of aromatic nitrogens is 3. The summed E-state index contributed by atoms with van der Waals surface area (Å²) in [5, 5.41) is 11.8. The van der Waals surface area contributed by atoms with E-state index in [9.17, 15) is 18.5 Å². The molecule has 4 aromatic rings. The second-order valence-corrected chi connectivity index (χ2v) is 12.2. The van der Waals surface area contributed by atoms with Crippen LogP contribution in [0.15, 0.2) is 61.1 Å². The zero-order chi connectivity index (χ0) is 27.8. The molecule has 1 aliphatic carbocycles. The van der Waals surface area contributed by atoms with Gasteiger partial charge in [0.25, 0.3) is 0 Å². The fourth-order valence-corrected chi connectivity index (χ4v) is 5.68. The highest BCUT2D eigenvalue weighted by molar-refractivity contribution is 7.92. The molecule has 1 aliphatic rings. The molecule has 2 heterocycles. The van der Waals surface area contributed by atoms with Crippen LogP contribution in [0.1, 0.15) is 24.8 Å². The van der Waals surface area contributed by atoms with Crippen LogP contribution in [0.5, 0.6) is 11.5 Å². The van der Waals surface area contributed by atoms with Gasteiger partial charge in [0.05, 0.1) is 22.0 Å². The lowest BCUT2D eigenvalue weighted by Crippen LogP contribution is -2.36. The zero-order valence-electron chi connectivity index (χ0n) is 21.0. The molecule has 0 aliphatic heterocycles.